The van der Waals surface area contributed by atoms with Gasteiger partial charge in [-0.1, -0.05) is 13.0 Å². The molecule has 0 saturated heterocycles. The number of thioether (sulfide) groups is 1. The molecule has 1 unspecified atom stereocenters. The highest BCUT2D eigenvalue weighted by atomic mass is 79.9. The Morgan fingerprint density at radius 2 is 2.05 bits per heavy atom. The zero-order valence-electron chi connectivity index (χ0n) is 12.2. The second kappa shape index (κ2) is 7.67. The third-order valence-corrected chi connectivity index (χ3v) is 4.98. The van der Waals surface area contributed by atoms with Gasteiger partial charge in [-0.3, -0.25) is 0 Å². The topological polar surface area (TPSA) is 32.3 Å². The van der Waals surface area contributed by atoms with Gasteiger partial charge in [0.15, 0.2) is 0 Å². The van der Waals surface area contributed by atoms with Crippen molar-refractivity contribution in [2.75, 3.05) is 12.4 Å². The first-order chi connectivity index (χ1) is 8.81. The molecule has 19 heavy (non-hydrogen) atoms. The minimum atomic E-state index is 0.135. The number of hydrogen-bond donors (Lipinski definition) is 2. The summed E-state index contributed by atoms with van der Waals surface area (Å²) < 4.78 is 1.14. The highest BCUT2D eigenvalue weighted by Crippen LogP contribution is 2.29. The molecule has 1 aromatic carbocycles. The van der Waals surface area contributed by atoms with Crippen LogP contribution < -0.4 is 5.32 Å². The van der Waals surface area contributed by atoms with Crippen molar-refractivity contribution in [3.05, 3.63) is 28.2 Å². The quantitative estimate of drug-likeness (QED) is 0.762. The summed E-state index contributed by atoms with van der Waals surface area (Å²) in [6.45, 7) is 9.69. The van der Waals surface area contributed by atoms with E-state index in [0.717, 1.165) is 16.8 Å². The van der Waals surface area contributed by atoms with Gasteiger partial charge in [-0.05, 0) is 60.3 Å². The van der Waals surface area contributed by atoms with E-state index in [0.29, 0.717) is 5.92 Å². The van der Waals surface area contributed by atoms with Crippen LogP contribution >= 0.6 is 27.7 Å². The molecule has 0 radical (unpaired) electrons. The van der Waals surface area contributed by atoms with Gasteiger partial charge in [0.25, 0.3) is 0 Å². The lowest BCUT2D eigenvalue weighted by atomic mass is 10.1. The predicted molar refractivity (Wildman–Crippen MR) is 87.7 cm³/mol. The Morgan fingerprint density at radius 3 is 2.58 bits per heavy atom. The Balaban J connectivity index is 2.59. The molecular formula is C15H24BrNOS. The van der Waals surface area contributed by atoms with E-state index in [2.05, 4.69) is 67.1 Å². The van der Waals surface area contributed by atoms with E-state index in [1.54, 1.807) is 11.8 Å². The minimum Gasteiger partial charge on any atom is -0.396 e. The summed E-state index contributed by atoms with van der Waals surface area (Å²) in [6, 6.07) is 6.48. The molecule has 1 atom stereocenters. The molecule has 0 aliphatic heterocycles. The molecule has 1 aromatic rings. The van der Waals surface area contributed by atoms with Crippen molar-refractivity contribution in [1.29, 1.82) is 0 Å². The van der Waals surface area contributed by atoms with Crippen LogP contribution in [0.4, 0.5) is 0 Å². The average molecular weight is 346 g/mol. The van der Waals surface area contributed by atoms with Crippen molar-refractivity contribution in [3.8, 4) is 0 Å². The summed E-state index contributed by atoms with van der Waals surface area (Å²) in [5.41, 5.74) is 1.41. The van der Waals surface area contributed by atoms with E-state index >= 15 is 0 Å². The molecule has 0 aliphatic carbocycles. The number of aliphatic hydroxyl groups excluding tert-OH is 1. The van der Waals surface area contributed by atoms with Gasteiger partial charge in [-0.25, -0.2) is 0 Å². The van der Waals surface area contributed by atoms with E-state index in [-0.39, 0.29) is 12.1 Å². The molecule has 4 heteroatoms. The SMILES string of the molecule is CC(CO)CSc1ccc(CNC(C)(C)C)cc1Br. The number of halogens is 1. The summed E-state index contributed by atoms with van der Waals surface area (Å²) in [7, 11) is 0. The van der Waals surface area contributed by atoms with Crippen molar-refractivity contribution < 1.29 is 5.11 Å². The lowest BCUT2D eigenvalue weighted by Gasteiger charge is -2.20. The van der Waals surface area contributed by atoms with Crippen LogP contribution in [0.25, 0.3) is 0 Å². The van der Waals surface area contributed by atoms with Gasteiger partial charge in [0, 0.05) is 33.8 Å². The summed E-state index contributed by atoms with van der Waals surface area (Å²) in [5, 5.41) is 12.5. The number of hydrogen-bond acceptors (Lipinski definition) is 3. The Bertz CT molecular complexity index is 404. The molecule has 108 valence electrons. The smallest absolute Gasteiger partial charge is 0.0464 e. The normalized spacial score (nSPS) is 13.6. The van der Waals surface area contributed by atoms with Gasteiger partial charge in [-0.15, -0.1) is 11.8 Å². The van der Waals surface area contributed by atoms with Crippen molar-refractivity contribution in [3.63, 3.8) is 0 Å². The van der Waals surface area contributed by atoms with Crippen LogP contribution in [0.15, 0.2) is 27.6 Å². The van der Waals surface area contributed by atoms with E-state index in [4.69, 9.17) is 5.11 Å². The standard InChI is InChI=1S/C15H24BrNOS/c1-11(9-18)10-19-14-6-5-12(7-13(14)16)8-17-15(2,3)4/h5-7,11,17-18H,8-10H2,1-4H3. The Hall–Kier alpha value is -0.0300. The van der Waals surface area contributed by atoms with Gasteiger partial charge in [0.1, 0.15) is 0 Å². The van der Waals surface area contributed by atoms with Crippen molar-refractivity contribution in [2.45, 2.75) is 44.7 Å². The molecule has 0 amide bonds. The third-order valence-electron chi connectivity index (χ3n) is 2.65. The van der Waals surface area contributed by atoms with Crippen molar-refractivity contribution in [2.24, 2.45) is 5.92 Å². The molecule has 0 bridgehead atoms. The molecule has 2 nitrogen and oxygen atoms in total. The zero-order chi connectivity index (χ0) is 14.5. The molecule has 0 fully saturated rings. The van der Waals surface area contributed by atoms with Crippen LogP contribution in [0.1, 0.15) is 33.3 Å². The summed E-state index contributed by atoms with van der Waals surface area (Å²) in [4.78, 5) is 1.24. The summed E-state index contributed by atoms with van der Waals surface area (Å²) >= 11 is 5.41. The Morgan fingerprint density at radius 1 is 1.37 bits per heavy atom. The highest BCUT2D eigenvalue weighted by molar-refractivity contribution is 9.10. The van der Waals surface area contributed by atoms with E-state index in [9.17, 15) is 0 Å². The first-order valence-corrected chi connectivity index (χ1v) is 8.37. The van der Waals surface area contributed by atoms with Gasteiger partial charge in [-0.2, -0.15) is 0 Å². The largest absolute Gasteiger partial charge is 0.396 e. The monoisotopic (exact) mass is 345 g/mol. The molecule has 0 heterocycles. The average Bonchev–Trinajstić information content (AvgIpc) is 2.34. The fraction of sp³-hybridized carbons (Fsp3) is 0.600. The lowest BCUT2D eigenvalue weighted by molar-refractivity contribution is 0.250. The molecule has 0 aliphatic rings. The van der Waals surface area contributed by atoms with Crippen molar-refractivity contribution >= 4 is 27.7 Å². The molecule has 2 N–H and O–H groups in total. The maximum absolute atomic E-state index is 9.04. The highest BCUT2D eigenvalue weighted by Gasteiger charge is 2.10. The minimum absolute atomic E-state index is 0.135. The van der Waals surface area contributed by atoms with E-state index < -0.39 is 0 Å². The molecular weight excluding hydrogens is 322 g/mol. The number of nitrogens with one attached hydrogen (secondary N) is 1. The first-order valence-electron chi connectivity index (χ1n) is 6.59. The fourth-order valence-corrected chi connectivity index (χ4v) is 3.12. The molecule has 1 rings (SSSR count). The van der Waals surface area contributed by atoms with Crippen LogP contribution in [0.2, 0.25) is 0 Å². The van der Waals surface area contributed by atoms with Crippen molar-refractivity contribution in [1.82, 2.24) is 5.32 Å². The number of benzene rings is 1. The molecule has 0 aromatic heterocycles. The van der Waals surface area contributed by atoms with Crippen LogP contribution in [-0.4, -0.2) is 23.0 Å². The number of aliphatic hydroxyl groups is 1. The number of rotatable bonds is 6. The summed E-state index contributed by atoms with van der Waals surface area (Å²) in [5.74, 6) is 1.27. The first kappa shape index (κ1) is 17.0. The lowest BCUT2D eigenvalue weighted by Crippen LogP contribution is -2.35. The Labute approximate surface area is 129 Å². The van der Waals surface area contributed by atoms with Gasteiger partial charge >= 0.3 is 0 Å². The van der Waals surface area contributed by atoms with Crippen LogP contribution in [0.3, 0.4) is 0 Å². The zero-order valence-corrected chi connectivity index (χ0v) is 14.6. The van der Waals surface area contributed by atoms with Gasteiger partial charge < -0.3 is 10.4 Å². The fourth-order valence-electron chi connectivity index (χ4n) is 1.42. The second-order valence-electron chi connectivity index (χ2n) is 5.97. The predicted octanol–water partition coefficient (Wildman–Crippen LogP) is 4.06. The van der Waals surface area contributed by atoms with Gasteiger partial charge in [0.05, 0.1) is 0 Å². The molecule has 0 spiro atoms. The van der Waals surface area contributed by atoms with Crippen LogP contribution in [0, 0.1) is 5.92 Å². The van der Waals surface area contributed by atoms with E-state index in [1.807, 2.05) is 0 Å². The Kier molecular flexibility index (Phi) is 6.87. The van der Waals surface area contributed by atoms with Crippen LogP contribution in [0.5, 0.6) is 0 Å². The summed E-state index contributed by atoms with van der Waals surface area (Å²) in [6.07, 6.45) is 0. The third kappa shape index (κ3) is 6.80. The van der Waals surface area contributed by atoms with Gasteiger partial charge in [0.2, 0.25) is 0 Å². The second-order valence-corrected chi connectivity index (χ2v) is 7.88. The maximum atomic E-state index is 9.04. The van der Waals surface area contributed by atoms with E-state index in [1.165, 1.54) is 10.5 Å². The molecule has 0 saturated carbocycles. The maximum Gasteiger partial charge on any atom is 0.0464 e. The van der Waals surface area contributed by atoms with Crippen LogP contribution in [-0.2, 0) is 6.54 Å².